The molecule has 2 saturated heterocycles. The third-order valence-electron chi connectivity index (χ3n) is 6.19. The molecule has 1 unspecified atom stereocenters. The molecule has 3 heteroatoms. The van der Waals surface area contributed by atoms with Crippen molar-refractivity contribution in [2.24, 2.45) is 5.92 Å². The molecule has 25 heavy (non-hydrogen) atoms. The van der Waals surface area contributed by atoms with Gasteiger partial charge in [-0.2, -0.15) is 0 Å². The molecule has 132 valence electrons. The van der Waals surface area contributed by atoms with Crippen LogP contribution in [0.25, 0.3) is 0 Å². The number of aryl methyl sites for hydroxylation is 1. The van der Waals surface area contributed by atoms with E-state index in [1.807, 2.05) is 24.3 Å². The fourth-order valence-corrected chi connectivity index (χ4v) is 4.85. The third-order valence-corrected chi connectivity index (χ3v) is 6.45. The molecule has 0 radical (unpaired) electrons. The first-order chi connectivity index (χ1) is 12.1. The molecule has 2 fully saturated rings. The predicted molar refractivity (Wildman–Crippen MR) is 104 cm³/mol. The van der Waals surface area contributed by atoms with Crippen LogP contribution in [-0.2, 0) is 0 Å². The van der Waals surface area contributed by atoms with E-state index in [2.05, 4.69) is 43.1 Å². The Morgan fingerprint density at radius 3 is 2.48 bits per heavy atom. The number of nitrogens with zero attached hydrogens (tertiary/aromatic N) is 1. The second kappa shape index (κ2) is 7.01. The molecule has 2 aliphatic rings. The summed E-state index contributed by atoms with van der Waals surface area (Å²) in [5.41, 5.74) is 2.80. The average Bonchev–Trinajstić information content (AvgIpc) is 2.86. The normalized spacial score (nSPS) is 28.9. The molecule has 2 aliphatic heterocycles. The first kappa shape index (κ1) is 16.9. The van der Waals surface area contributed by atoms with Gasteiger partial charge in [-0.25, -0.2) is 0 Å². The minimum Gasteiger partial charge on any atom is -0.493 e. The number of benzene rings is 2. The van der Waals surface area contributed by atoms with Crippen LogP contribution in [0.3, 0.4) is 0 Å². The van der Waals surface area contributed by atoms with Crippen molar-refractivity contribution in [3.05, 3.63) is 64.7 Å². The van der Waals surface area contributed by atoms with E-state index in [1.54, 1.807) is 0 Å². The zero-order valence-electron chi connectivity index (χ0n) is 15.0. The molecule has 2 aromatic rings. The van der Waals surface area contributed by atoms with Crippen LogP contribution in [0.2, 0.25) is 5.02 Å². The Morgan fingerprint density at radius 2 is 1.76 bits per heavy atom. The van der Waals surface area contributed by atoms with Crippen molar-refractivity contribution in [1.29, 1.82) is 0 Å². The Bertz CT molecular complexity index is 712. The van der Waals surface area contributed by atoms with Crippen LogP contribution in [0.15, 0.2) is 48.5 Å². The molecule has 0 aliphatic carbocycles. The van der Waals surface area contributed by atoms with Gasteiger partial charge in [0.05, 0.1) is 6.61 Å². The molecule has 4 rings (SSSR count). The fourth-order valence-electron chi connectivity index (χ4n) is 4.72. The SMILES string of the molecule is Cc1ccc([C@H]2CC3CC[C@H]([C@@H]2COc2ccc(Cl)cc2)N3C)cc1. The molecule has 0 aromatic heterocycles. The molecule has 2 nitrogen and oxygen atoms in total. The maximum absolute atomic E-state index is 6.19. The van der Waals surface area contributed by atoms with Gasteiger partial charge in [0.2, 0.25) is 0 Å². The molecule has 0 amide bonds. The van der Waals surface area contributed by atoms with Gasteiger partial charge in [0.15, 0.2) is 0 Å². The third kappa shape index (κ3) is 3.43. The van der Waals surface area contributed by atoms with Crippen LogP contribution >= 0.6 is 11.6 Å². The van der Waals surface area contributed by atoms with Crippen LogP contribution in [0.1, 0.15) is 36.3 Å². The van der Waals surface area contributed by atoms with Crippen LogP contribution < -0.4 is 4.74 Å². The number of fused-ring (bicyclic) bond motifs is 2. The smallest absolute Gasteiger partial charge is 0.119 e. The summed E-state index contributed by atoms with van der Waals surface area (Å²) in [4.78, 5) is 2.60. The van der Waals surface area contributed by atoms with Gasteiger partial charge in [-0.1, -0.05) is 41.4 Å². The van der Waals surface area contributed by atoms with Gasteiger partial charge in [-0.3, -0.25) is 0 Å². The second-order valence-electron chi connectivity index (χ2n) is 7.65. The van der Waals surface area contributed by atoms with Gasteiger partial charge in [0, 0.05) is 23.0 Å². The topological polar surface area (TPSA) is 12.5 Å². The molecule has 2 aromatic carbocycles. The van der Waals surface area contributed by atoms with Crippen LogP contribution in [0, 0.1) is 12.8 Å². The summed E-state index contributed by atoms with van der Waals surface area (Å²) in [5.74, 6) is 2.03. The Hall–Kier alpha value is -1.51. The molecule has 4 atom stereocenters. The molecule has 0 N–H and O–H groups in total. The molecule has 2 bridgehead atoms. The lowest BCUT2D eigenvalue weighted by Gasteiger charge is -2.43. The maximum atomic E-state index is 6.19. The van der Waals surface area contributed by atoms with E-state index in [4.69, 9.17) is 16.3 Å². The monoisotopic (exact) mass is 355 g/mol. The number of hydrogen-bond donors (Lipinski definition) is 0. The van der Waals surface area contributed by atoms with Gasteiger partial charge in [0.1, 0.15) is 5.75 Å². The van der Waals surface area contributed by atoms with E-state index >= 15 is 0 Å². The van der Waals surface area contributed by atoms with Crippen molar-refractivity contribution in [1.82, 2.24) is 4.90 Å². The van der Waals surface area contributed by atoms with E-state index in [-0.39, 0.29) is 0 Å². The Labute approximate surface area is 155 Å². The first-order valence-electron chi connectivity index (χ1n) is 9.28. The van der Waals surface area contributed by atoms with E-state index < -0.39 is 0 Å². The zero-order chi connectivity index (χ0) is 17.4. The fraction of sp³-hybridized carbons (Fsp3) is 0.455. The summed E-state index contributed by atoms with van der Waals surface area (Å²) >= 11 is 5.98. The maximum Gasteiger partial charge on any atom is 0.119 e. The van der Waals surface area contributed by atoms with Crippen molar-refractivity contribution in [3.8, 4) is 5.75 Å². The highest BCUT2D eigenvalue weighted by atomic mass is 35.5. The van der Waals surface area contributed by atoms with E-state index in [1.165, 1.54) is 30.4 Å². The Kier molecular flexibility index (Phi) is 4.75. The van der Waals surface area contributed by atoms with Crippen LogP contribution in [0.4, 0.5) is 0 Å². The van der Waals surface area contributed by atoms with Crippen molar-refractivity contribution in [2.75, 3.05) is 13.7 Å². The van der Waals surface area contributed by atoms with Crippen LogP contribution in [0.5, 0.6) is 5.75 Å². The van der Waals surface area contributed by atoms with E-state index in [0.717, 1.165) is 23.4 Å². The lowest BCUT2D eigenvalue weighted by atomic mass is 9.76. The molecule has 2 heterocycles. The minimum absolute atomic E-state index is 0.530. The Morgan fingerprint density at radius 1 is 1.04 bits per heavy atom. The van der Waals surface area contributed by atoms with Gasteiger partial charge in [-0.15, -0.1) is 0 Å². The largest absolute Gasteiger partial charge is 0.493 e. The number of halogens is 1. The molecular formula is C22H26ClNO. The number of ether oxygens (including phenoxy) is 1. The van der Waals surface area contributed by atoms with Crippen molar-refractivity contribution < 1.29 is 4.74 Å². The summed E-state index contributed by atoms with van der Waals surface area (Å²) in [6.45, 7) is 2.92. The summed E-state index contributed by atoms with van der Waals surface area (Å²) in [5, 5.41) is 0.751. The summed E-state index contributed by atoms with van der Waals surface area (Å²) in [7, 11) is 2.29. The standard InChI is InChI=1S/C22H26ClNO/c1-15-3-5-16(6-4-15)20-13-18-9-12-22(24(18)2)21(20)14-25-19-10-7-17(23)8-11-19/h3-8,10-11,18,20-22H,9,12-14H2,1-2H3/t18?,20-,21-,22-/m1/s1. The predicted octanol–water partition coefficient (Wildman–Crippen LogP) is 5.29. The molecule has 0 spiro atoms. The molecular weight excluding hydrogens is 330 g/mol. The lowest BCUT2D eigenvalue weighted by Crippen LogP contribution is -2.47. The van der Waals surface area contributed by atoms with Crippen molar-refractivity contribution >= 4 is 11.6 Å². The summed E-state index contributed by atoms with van der Waals surface area (Å²) in [6.07, 6.45) is 3.85. The number of hydrogen-bond acceptors (Lipinski definition) is 2. The molecule has 0 saturated carbocycles. The summed E-state index contributed by atoms with van der Waals surface area (Å²) < 4.78 is 6.19. The van der Waals surface area contributed by atoms with Crippen molar-refractivity contribution in [3.63, 3.8) is 0 Å². The zero-order valence-corrected chi connectivity index (χ0v) is 15.7. The van der Waals surface area contributed by atoms with E-state index in [9.17, 15) is 0 Å². The van der Waals surface area contributed by atoms with Crippen LogP contribution in [-0.4, -0.2) is 30.6 Å². The van der Waals surface area contributed by atoms with Crippen molar-refractivity contribution in [2.45, 2.75) is 44.2 Å². The highest BCUT2D eigenvalue weighted by molar-refractivity contribution is 6.30. The van der Waals surface area contributed by atoms with Gasteiger partial charge in [-0.05, 0) is 69.0 Å². The minimum atomic E-state index is 0.530. The highest BCUT2D eigenvalue weighted by Crippen LogP contribution is 2.46. The average molecular weight is 356 g/mol. The first-order valence-corrected chi connectivity index (χ1v) is 9.66. The summed E-state index contributed by atoms with van der Waals surface area (Å²) in [6, 6.07) is 18.2. The van der Waals surface area contributed by atoms with E-state index in [0.29, 0.717) is 17.9 Å². The number of rotatable bonds is 4. The van der Waals surface area contributed by atoms with Gasteiger partial charge in [0.25, 0.3) is 0 Å². The lowest BCUT2D eigenvalue weighted by molar-refractivity contribution is 0.0666. The number of piperidine rings is 1. The van der Waals surface area contributed by atoms with Gasteiger partial charge < -0.3 is 9.64 Å². The second-order valence-corrected chi connectivity index (χ2v) is 8.08. The van der Waals surface area contributed by atoms with Gasteiger partial charge >= 0.3 is 0 Å². The highest BCUT2D eigenvalue weighted by Gasteiger charge is 2.46. The quantitative estimate of drug-likeness (QED) is 0.738. The Balaban J connectivity index is 1.56.